The number of rotatable bonds is 3. The van der Waals surface area contributed by atoms with Crippen LogP contribution in [0.15, 0.2) is 0 Å². The molecule has 0 rings (SSSR count). The first-order chi connectivity index (χ1) is 4.42. The standard InChI is InChI=1S/C5H10F3OSi/c1-3-4(6)5(7,8)10(2)9/h4,9H,3H2,1-2H3. The molecule has 1 radical (unpaired) electrons. The van der Waals surface area contributed by atoms with E-state index in [0.717, 1.165) is 6.55 Å². The largest absolute Gasteiger partial charge is 0.427 e. The summed E-state index contributed by atoms with van der Waals surface area (Å²) in [7, 11) is -2.83. The first-order valence-electron chi connectivity index (χ1n) is 2.97. The second-order valence-corrected chi connectivity index (χ2v) is 3.92. The Balaban J connectivity index is 4.09. The molecular formula is C5H10F3OSi. The van der Waals surface area contributed by atoms with Gasteiger partial charge in [-0.15, -0.1) is 0 Å². The van der Waals surface area contributed by atoms with Gasteiger partial charge >= 0.3 is 0 Å². The molecule has 1 N–H and O–H groups in total. The van der Waals surface area contributed by atoms with E-state index in [-0.39, 0.29) is 6.42 Å². The maximum Gasteiger partial charge on any atom is 0.292 e. The van der Waals surface area contributed by atoms with E-state index in [1.54, 1.807) is 0 Å². The monoisotopic (exact) mass is 171 g/mol. The van der Waals surface area contributed by atoms with E-state index >= 15 is 0 Å². The smallest absolute Gasteiger partial charge is 0.292 e. The minimum absolute atomic E-state index is 0.254. The topological polar surface area (TPSA) is 20.2 Å². The van der Waals surface area contributed by atoms with Crippen molar-refractivity contribution in [2.45, 2.75) is 31.6 Å². The molecule has 0 amide bonds. The molecule has 5 heteroatoms. The molecule has 0 fully saturated rings. The molecule has 10 heavy (non-hydrogen) atoms. The van der Waals surface area contributed by atoms with Crippen LogP contribution in [0.2, 0.25) is 6.55 Å². The van der Waals surface area contributed by atoms with Crippen LogP contribution >= 0.6 is 0 Å². The molecule has 0 aliphatic carbocycles. The summed E-state index contributed by atoms with van der Waals surface area (Å²) in [6.45, 7) is 2.30. The van der Waals surface area contributed by atoms with Crippen molar-refractivity contribution in [1.82, 2.24) is 0 Å². The van der Waals surface area contributed by atoms with E-state index in [0.29, 0.717) is 0 Å². The van der Waals surface area contributed by atoms with Gasteiger partial charge in [-0.3, -0.25) is 0 Å². The lowest BCUT2D eigenvalue weighted by Crippen LogP contribution is -2.43. The maximum absolute atomic E-state index is 12.4. The molecule has 0 saturated heterocycles. The second kappa shape index (κ2) is 3.38. The Morgan fingerprint density at radius 2 is 2.00 bits per heavy atom. The quantitative estimate of drug-likeness (QED) is 0.638. The van der Waals surface area contributed by atoms with E-state index in [2.05, 4.69) is 0 Å². The highest BCUT2D eigenvalue weighted by Crippen LogP contribution is 2.25. The van der Waals surface area contributed by atoms with Gasteiger partial charge in [0.2, 0.25) is 0 Å². The minimum Gasteiger partial charge on any atom is -0.427 e. The van der Waals surface area contributed by atoms with Gasteiger partial charge in [-0.1, -0.05) is 6.92 Å². The van der Waals surface area contributed by atoms with Crippen molar-refractivity contribution in [2.24, 2.45) is 0 Å². The van der Waals surface area contributed by atoms with Crippen LogP contribution in [-0.4, -0.2) is 25.6 Å². The van der Waals surface area contributed by atoms with Crippen molar-refractivity contribution >= 4 is 9.04 Å². The predicted octanol–water partition coefficient (Wildman–Crippen LogP) is 1.52. The van der Waals surface area contributed by atoms with Gasteiger partial charge in [-0.05, 0) is 13.0 Å². The molecule has 1 nitrogen and oxygen atoms in total. The Hall–Kier alpha value is -0.0331. The average Bonchev–Trinajstić information content (AvgIpc) is 1.86. The zero-order valence-electron chi connectivity index (χ0n) is 5.87. The molecule has 1 unspecified atom stereocenters. The number of hydrogen-bond acceptors (Lipinski definition) is 1. The van der Waals surface area contributed by atoms with Crippen LogP contribution in [0.3, 0.4) is 0 Å². The van der Waals surface area contributed by atoms with E-state index in [1.807, 2.05) is 0 Å². The molecule has 0 spiro atoms. The van der Waals surface area contributed by atoms with Crippen molar-refractivity contribution < 1.29 is 18.0 Å². The van der Waals surface area contributed by atoms with Crippen LogP contribution in [0.1, 0.15) is 13.3 Å². The highest BCUT2D eigenvalue weighted by molar-refractivity contribution is 6.51. The third-order valence-corrected chi connectivity index (χ3v) is 2.51. The van der Waals surface area contributed by atoms with E-state index in [9.17, 15) is 13.2 Å². The van der Waals surface area contributed by atoms with Gasteiger partial charge in [0.1, 0.15) is 0 Å². The average molecular weight is 171 g/mol. The van der Waals surface area contributed by atoms with Crippen molar-refractivity contribution in [1.29, 1.82) is 0 Å². The Labute approximate surface area is 59.6 Å². The second-order valence-electron chi connectivity index (χ2n) is 2.08. The Morgan fingerprint density at radius 1 is 1.60 bits per heavy atom. The zero-order chi connectivity index (χ0) is 8.36. The molecule has 0 aromatic rings. The van der Waals surface area contributed by atoms with Crippen LogP contribution in [0.4, 0.5) is 13.2 Å². The highest BCUT2D eigenvalue weighted by atomic mass is 28.3. The maximum atomic E-state index is 12.4. The molecule has 0 aliphatic rings. The summed E-state index contributed by atoms with van der Waals surface area (Å²) in [5.41, 5.74) is -3.50. The van der Waals surface area contributed by atoms with Gasteiger partial charge in [-0.2, -0.15) is 0 Å². The van der Waals surface area contributed by atoms with Crippen molar-refractivity contribution in [3.8, 4) is 0 Å². The lowest BCUT2D eigenvalue weighted by molar-refractivity contribution is -0.0128. The summed E-state index contributed by atoms with van der Waals surface area (Å²) >= 11 is 0. The van der Waals surface area contributed by atoms with Crippen LogP contribution in [-0.2, 0) is 0 Å². The van der Waals surface area contributed by atoms with Gasteiger partial charge in [0.25, 0.3) is 14.6 Å². The SMILES string of the molecule is CCC(F)C(F)(F)[Si](C)O. The van der Waals surface area contributed by atoms with Gasteiger partial charge in [0.15, 0.2) is 6.17 Å². The first-order valence-corrected chi connectivity index (χ1v) is 4.92. The first kappa shape index (κ1) is 9.97. The molecule has 0 bridgehead atoms. The highest BCUT2D eigenvalue weighted by Gasteiger charge is 2.45. The van der Waals surface area contributed by atoms with Crippen LogP contribution in [0, 0.1) is 0 Å². The minimum atomic E-state index is -3.50. The van der Waals surface area contributed by atoms with Crippen LogP contribution in [0.5, 0.6) is 0 Å². The number of halogens is 3. The lowest BCUT2D eigenvalue weighted by Gasteiger charge is -2.19. The summed E-state index contributed by atoms with van der Waals surface area (Å²) in [6, 6.07) is 0. The Morgan fingerprint density at radius 3 is 2.10 bits per heavy atom. The van der Waals surface area contributed by atoms with E-state index in [1.165, 1.54) is 6.92 Å². The van der Waals surface area contributed by atoms with Crippen LogP contribution in [0.25, 0.3) is 0 Å². The molecule has 1 atom stereocenters. The fourth-order valence-corrected chi connectivity index (χ4v) is 1.14. The molecule has 0 aliphatic heterocycles. The van der Waals surface area contributed by atoms with Crippen molar-refractivity contribution in [3.63, 3.8) is 0 Å². The summed E-state index contributed by atoms with van der Waals surface area (Å²) in [5.74, 6) is 0. The summed E-state index contributed by atoms with van der Waals surface area (Å²) in [5, 5.41) is 0. The predicted molar refractivity (Wildman–Crippen MR) is 34.0 cm³/mol. The van der Waals surface area contributed by atoms with Crippen molar-refractivity contribution in [2.75, 3.05) is 0 Å². The fourth-order valence-electron chi connectivity index (χ4n) is 0.483. The van der Waals surface area contributed by atoms with Crippen molar-refractivity contribution in [3.05, 3.63) is 0 Å². The van der Waals surface area contributed by atoms with Gasteiger partial charge in [0.05, 0.1) is 0 Å². The Kier molecular flexibility index (Phi) is 3.37. The number of hydrogen-bond donors (Lipinski definition) is 1. The molecular weight excluding hydrogens is 161 g/mol. The third-order valence-electron chi connectivity index (χ3n) is 1.23. The molecule has 0 aromatic heterocycles. The molecule has 0 aromatic carbocycles. The summed E-state index contributed by atoms with van der Waals surface area (Å²) in [4.78, 5) is 8.49. The van der Waals surface area contributed by atoms with E-state index in [4.69, 9.17) is 4.80 Å². The van der Waals surface area contributed by atoms with Crippen LogP contribution < -0.4 is 0 Å². The Bertz CT molecular complexity index is 107. The van der Waals surface area contributed by atoms with Gasteiger partial charge in [0, 0.05) is 0 Å². The fraction of sp³-hybridized carbons (Fsp3) is 1.00. The summed E-state index contributed by atoms with van der Waals surface area (Å²) < 4.78 is 37.0. The summed E-state index contributed by atoms with van der Waals surface area (Å²) in [6.07, 6.45) is -2.45. The molecule has 0 saturated carbocycles. The molecule has 0 heterocycles. The zero-order valence-corrected chi connectivity index (χ0v) is 6.87. The van der Waals surface area contributed by atoms with E-state index < -0.39 is 20.8 Å². The van der Waals surface area contributed by atoms with Gasteiger partial charge < -0.3 is 4.80 Å². The third kappa shape index (κ3) is 1.98. The van der Waals surface area contributed by atoms with Gasteiger partial charge in [-0.25, -0.2) is 13.2 Å². The number of alkyl halides is 3. The lowest BCUT2D eigenvalue weighted by atomic mass is 10.3. The molecule has 61 valence electrons. The normalized spacial score (nSPS) is 15.9.